The molecule has 0 saturated carbocycles. The molecule has 0 aliphatic rings. The highest BCUT2D eigenvalue weighted by atomic mass is 16.5. The van der Waals surface area contributed by atoms with Gasteiger partial charge in [0.05, 0.1) is 21.3 Å². The summed E-state index contributed by atoms with van der Waals surface area (Å²) in [6, 6.07) is 13.5. The normalized spacial score (nSPS) is 9.35. The van der Waals surface area contributed by atoms with E-state index in [0.29, 0.717) is 17.2 Å². The molecule has 0 amide bonds. The van der Waals surface area contributed by atoms with Crippen molar-refractivity contribution in [2.45, 2.75) is 0 Å². The van der Waals surface area contributed by atoms with Gasteiger partial charge in [0.1, 0.15) is 0 Å². The summed E-state index contributed by atoms with van der Waals surface area (Å²) < 4.78 is 15.9. The second-order valence-electron chi connectivity index (χ2n) is 4.03. The van der Waals surface area contributed by atoms with Crippen molar-refractivity contribution in [1.82, 2.24) is 0 Å². The average Bonchev–Trinajstić information content (AvgIpc) is 2.52. The van der Waals surface area contributed by atoms with E-state index in [1.807, 2.05) is 42.5 Å². The van der Waals surface area contributed by atoms with Crippen LogP contribution < -0.4 is 14.2 Å². The van der Waals surface area contributed by atoms with Gasteiger partial charge in [0.2, 0.25) is 5.75 Å². The maximum atomic E-state index is 5.30. The second-order valence-corrected chi connectivity index (χ2v) is 4.03. The van der Waals surface area contributed by atoms with Gasteiger partial charge in [-0.1, -0.05) is 30.0 Å². The summed E-state index contributed by atoms with van der Waals surface area (Å²) in [4.78, 5) is 0. The van der Waals surface area contributed by atoms with Crippen molar-refractivity contribution >= 4 is 0 Å². The van der Waals surface area contributed by atoms with E-state index in [1.165, 1.54) is 0 Å². The molecule has 3 nitrogen and oxygen atoms in total. The first-order valence-electron chi connectivity index (χ1n) is 6.15. The molecule has 0 saturated heterocycles. The summed E-state index contributed by atoms with van der Waals surface area (Å²) >= 11 is 0. The number of rotatable bonds is 3. The Labute approximate surface area is 119 Å². The lowest BCUT2D eigenvalue weighted by Gasteiger charge is -2.12. The molecular formula is C17H16O3. The van der Waals surface area contributed by atoms with Crippen molar-refractivity contribution in [3.63, 3.8) is 0 Å². The first-order chi connectivity index (χ1) is 9.78. The van der Waals surface area contributed by atoms with Gasteiger partial charge in [-0.2, -0.15) is 0 Å². The van der Waals surface area contributed by atoms with Crippen LogP contribution in [0.5, 0.6) is 17.2 Å². The summed E-state index contributed by atoms with van der Waals surface area (Å²) in [5, 5.41) is 0. The van der Waals surface area contributed by atoms with E-state index in [9.17, 15) is 0 Å². The van der Waals surface area contributed by atoms with E-state index in [2.05, 4.69) is 11.8 Å². The van der Waals surface area contributed by atoms with Crippen molar-refractivity contribution < 1.29 is 14.2 Å². The third kappa shape index (κ3) is 3.04. The number of methoxy groups -OCH3 is 3. The third-order valence-corrected chi connectivity index (χ3v) is 2.79. The Morgan fingerprint density at radius 1 is 0.700 bits per heavy atom. The van der Waals surface area contributed by atoms with Gasteiger partial charge in [-0.05, 0) is 24.3 Å². The minimum Gasteiger partial charge on any atom is -0.493 e. The van der Waals surface area contributed by atoms with Gasteiger partial charge in [-0.15, -0.1) is 0 Å². The summed E-state index contributed by atoms with van der Waals surface area (Å²) in [5.41, 5.74) is 1.77. The molecule has 0 atom stereocenters. The van der Waals surface area contributed by atoms with E-state index in [4.69, 9.17) is 14.2 Å². The number of benzene rings is 2. The molecule has 0 aromatic heterocycles. The number of ether oxygens (including phenoxy) is 3. The van der Waals surface area contributed by atoms with Crippen LogP contribution in [0, 0.1) is 11.8 Å². The van der Waals surface area contributed by atoms with Crippen LogP contribution in [0.2, 0.25) is 0 Å². The van der Waals surface area contributed by atoms with Crippen molar-refractivity contribution in [2.24, 2.45) is 0 Å². The minimum atomic E-state index is 0.570. The van der Waals surface area contributed by atoms with Gasteiger partial charge >= 0.3 is 0 Å². The summed E-state index contributed by atoms with van der Waals surface area (Å²) in [6.07, 6.45) is 0. The van der Waals surface area contributed by atoms with Crippen LogP contribution in [-0.4, -0.2) is 21.3 Å². The monoisotopic (exact) mass is 268 g/mol. The highest BCUT2D eigenvalue weighted by molar-refractivity contribution is 5.58. The fraction of sp³-hybridized carbons (Fsp3) is 0.176. The molecule has 0 radical (unpaired) electrons. The fourth-order valence-corrected chi connectivity index (χ4v) is 1.82. The maximum Gasteiger partial charge on any atom is 0.203 e. The Balaban J connectivity index is 2.41. The lowest BCUT2D eigenvalue weighted by atomic mass is 10.1. The average molecular weight is 268 g/mol. The van der Waals surface area contributed by atoms with Gasteiger partial charge in [-0.3, -0.25) is 0 Å². The quantitative estimate of drug-likeness (QED) is 0.800. The minimum absolute atomic E-state index is 0.570. The largest absolute Gasteiger partial charge is 0.493 e. The smallest absolute Gasteiger partial charge is 0.203 e. The van der Waals surface area contributed by atoms with E-state index < -0.39 is 0 Å². The Hall–Kier alpha value is -2.60. The van der Waals surface area contributed by atoms with E-state index in [-0.39, 0.29) is 0 Å². The lowest BCUT2D eigenvalue weighted by molar-refractivity contribution is 0.324. The molecule has 2 aromatic rings. The zero-order chi connectivity index (χ0) is 14.4. The third-order valence-electron chi connectivity index (χ3n) is 2.79. The molecule has 0 bridgehead atoms. The molecule has 20 heavy (non-hydrogen) atoms. The Bertz CT molecular complexity index is 611. The van der Waals surface area contributed by atoms with E-state index >= 15 is 0 Å². The molecule has 2 aromatic carbocycles. The predicted octanol–water partition coefficient (Wildman–Crippen LogP) is 3.11. The number of hydrogen-bond acceptors (Lipinski definition) is 3. The molecule has 102 valence electrons. The van der Waals surface area contributed by atoms with Crippen molar-refractivity contribution in [2.75, 3.05) is 21.3 Å². The Kier molecular flexibility index (Phi) is 4.52. The molecule has 2 rings (SSSR count). The molecule has 3 heteroatoms. The van der Waals surface area contributed by atoms with Crippen LogP contribution in [-0.2, 0) is 0 Å². The Morgan fingerprint density at radius 3 is 1.75 bits per heavy atom. The predicted molar refractivity (Wildman–Crippen MR) is 78.5 cm³/mol. The maximum absolute atomic E-state index is 5.30. The van der Waals surface area contributed by atoms with Crippen LogP contribution in [0.3, 0.4) is 0 Å². The molecule has 0 fully saturated rings. The SMILES string of the molecule is COc1cc(C#Cc2ccccc2)cc(OC)c1OC. The molecule has 0 N–H and O–H groups in total. The van der Waals surface area contributed by atoms with Gasteiger partial charge in [-0.25, -0.2) is 0 Å². The van der Waals surface area contributed by atoms with Gasteiger partial charge in [0, 0.05) is 11.1 Å². The standard InChI is InChI=1S/C17H16O3/c1-18-15-11-14(12-16(19-2)17(15)20-3)10-9-13-7-5-4-6-8-13/h4-8,11-12H,1-3H3. The summed E-state index contributed by atoms with van der Waals surface area (Å²) in [7, 11) is 4.76. The highest BCUT2D eigenvalue weighted by Crippen LogP contribution is 2.37. The second kappa shape index (κ2) is 6.53. The Morgan fingerprint density at radius 2 is 1.25 bits per heavy atom. The van der Waals surface area contributed by atoms with E-state index in [0.717, 1.165) is 11.1 Å². The van der Waals surface area contributed by atoms with E-state index in [1.54, 1.807) is 21.3 Å². The topological polar surface area (TPSA) is 27.7 Å². The van der Waals surface area contributed by atoms with Crippen molar-refractivity contribution in [1.29, 1.82) is 0 Å². The van der Waals surface area contributed by atoms with Crippen LogP contribution in [0.4, 0.5) is 0 Å². The first-order valence-corrected chi connectivity index (χ1v) is 6.15. The van der Waals surface area contributed by atoms with Crippen molar-refractivity contribution in [3.05, 3.63) is 53.6 Å². The zero-order valence-corrected chi connectivity index (χ0v) is 11.8. The number of hydrogen-bond donors (Lipinski definition) is 0. The lowest BCUT2D eigenvalue weighted by Crippen LogP contribution is -1.95. The van der Waals surface area contributed by atoms with Gasteiger partial charge in [0.25, 0.3) is 0 Å². The molecule has 0 aliphatic heterocycles. The van der Waals surface area contributed by atoms with Crippen LogP contribution >= 0.6 is 0 Å². The molecular weight excluding hydrogens is 252 g/mol. The first kappa shape index (κ1) is 13.8. The fourth-order valence-electron chi connectivity index (χ4n) is 1.82. The van der Waals surface area contributed by atoms with Crippen LogP contribution in [0.25, 0.3) is 0 Å². The molecule has 0 heterocycles. The molecule has 0 spiro atoms. The van der Waals surface area contributed by atoms with Crippen LogP contribution in [0.1, 0.15) is 11.1 Å². The summed E-state index contributed by atoms with van der Waals surface area (Å²) in [6.45, 7) is 0. The van der Waals surface area contributed by atoms with Crippen LogP contribution in [0.15, 0.2) is 42.5 Å². The highest BCUT2D eigenvalue weighted by Gasteiger charge is 2.12. The molecule has 0 aliphatic carbocycles. The molecule has 0 unspecified atom stereocenters. The van der Waals surface area contributed by atoms with Gasteiger partial charge < -0.3 is 14.2 Å². The zero-order valence-electron chi connectivity index (χ0n) is 11.8. The van der Waals surface area contributed by atoms with Crippen molar-refractivity contribution in [3.8, 4) is 29.1 Å². The summed E-state index contributed by atoms with van der Waals surface area (Å²) in [5.74, 6) is 7.97. The van der Waals surface area contributed by atoms with Gasteiger partial charge in [0.15, 0.2) is 11.5 Å².